The largest absolute Gasteiger partial charge is 0.481 e. The van der Waals surface area contributed by atoms with Gasteiger partial charge in [0.1, 0.15) is 0 Å². The fourth-order valence-corrected chi connectivity index (χ4v) is 2.60. The molecule has 0 fully saturated rings. The van der Waals surface area contributed by atoms with Crippen LogP contribution in [0, 0.1) is 0 Å². The molecule has 0 atom stereocenters. The molecule has 0 aliphatic heterocycles. The van der Waals surface area contributed by atoms with E-state index >= 15 is 0 Å². The third-order valence-corrected chi connectivity index (χ3v) is 4.04. The number of aliphatic carboxylic acids is 1. The highest BCUT2D eigenvalue weighted by Gasteiger charge is 1.96. The van der Waals surface area contributed by atoms with Crippen LogP contribution in [0.5, 0.6) is 0 Å². The first-order valence-corrected chi connectivity index (χ1v) is 9.94. The Balaban J connectivity index is 3.18. The first-order valence-electron chi connectivity index (χ1n) is 9.94. The smallest absolute Gasteiger partial charge is 0.303 e. The number of rotatable bonds is 17. The molecule has 0 unspecified atom stereocenters. The Hall–Kier alpha value is -1.31. The standard InChI is InChI=1S/C22H38O2/c1-2-3-4-5-6-7-8-9-10-11-12-13-14-15-16-17-18-19-20-21-22(23)24/h3-4,6-7,9-10H,2,5,8,11-21H2,1H3,(H,23,24)/b4-3-,7-6-,10-9-. The van der Waals surface area contributed by atoms with Crippen molar-refractivity contribution in [2.75, 3.05) is 0 Å². The number of carboxylic acids is 1. The van der Waals surface area contributed by atoms with Crippen LogP contribution in [-0.4, -0.2) is 11.1 Å². The molecule has 2 nitrogen and oxygen atoms in total. The van der Waals surface area contributed by atoms with Crippen LogP contribution >= 0.6 is 0 Å². The van der Waals surface area contributed by atoms with E-state index in [2.05, 4.69) is 43.4 Å². The zero-order chi connectivity index (χ0) is 17.7. The van der Waals surface area contributed by atoms with Crippen LogP contribution in [0.3, 0.4) is 0 Å². The molecule has 0 saturated carbocycles. The van der Waals surface area contributed by atoms with Gasteiger partial charge in [-0.1, -0.05) is 88.3 Å². The minimum absolute atomic E-state index is 0.333. The van der Waals surface area contributed by atoms with Crippen LogP contribution < -0.4 is 0 Å². The summed E-state index contributed by atoms with van der Waals surface area (Å²) in [5.41, 5.74) is 0. The Kier molecular flexibility index (Phi) is 18.7. The van der Waals surface area contributed by atoms with Crippen LogP contribution in [-0.2, 0) is 4.79 Å². The quantitative estimate of drug-likeness (QED) is 0.225. The maximum Gasteiger partial charge on any atom is 0.303 e. The maximum absolute atomic E-state index is 10.4. The van der Waals surface area contributed by atoms with Gasteiger partial charge in [-0.25, -0.2) is 0 Å². The lowest BCUT2D eigenvalue weighted by atomic mass is 10.1. The predicted octanol–water partition coefficient (Wildman–Crippen LogP) is 7.22. The van der Waals surface area contributed by atoms with Crippen molar-refractivity contribution in [3.63, 3.8) is 0 Å². The lowest BCUT2D eigenvalue weighted by Gasteiger charge is -2.01. The van der Waals surface area contributed by atoms with Gasteiger partial charge in [-0.2, -0.15) is 0 Å². The summed E-state index contributed by atoms with van der Waals surface area (Å²) < 4.78 is 0. The van der Waals surface area contributed by atoms with Gasteiger partial charge in [0.2, 0.25) is 0 Å². The van der Waals surface area contributed by atoms with Gasteiger partial charge in [-0.3, -0.25) is 4.79 Å². The minimum atomic E-state index is -0.663. The Morgan fingerprint density at radius 1 is 0.667 bits per heavy atom. The number of hydrogen-bond acceptors (Lipinski definition) is 1. The molecule has 1 N–H and O–H groups in total. The van der Waals surface area contributed by atoms with Crippen molar-refractivity contribution >= 4 is 5.97 Å². The summed E-state index contributed by atoms with van der Waals surface area (Å²) >= 11 is 0. The molecule has 138 valence electrons. The number of unbranched alkanes of at least 4 members (excludes halogenated alkanes) is 9. The van der Waals surface area contributed by atoms with Gasteiger partial charge in [0.15, 0.2) is 0 Å². The first-order chi connectivity index (χ1) is 11.8. The van der Waals surface area contributed by atoms with Gasteiger partial charge >= 0.3 is 5.97 Å². The van der Waals surface area contributed by atoms with E-state index in [1.54, 1.807) is 0 Å². The highest BCUT2D eigenvalue weighted by molar-refractivity contribution is 5.66. The van der Waals surface area contributed by atoms with E-state index in [4.69, 9.17) is 5.11 Å². The van der Waals surface area contributed by atoms with Crippen LogP contribution in [0.25, 0.3) is 0 Å². The highest BCUT2D eigenvalue weighted by atomic mass is 16.4. The van der Waals surface area contributed by atoms with Gasteiger partial charge < -0.3 is 5.11 Å². The van der Waals surface area contributed by atoms with Crippen molar-refractivity contribution in [3.8, 4) is 0 Å². The number of allylic oxidation sites excluding steroid dienone is 6. The SMILES string of the molecule is CC/C=C\C/C=C\C/C=C\CCCCCCCCCCCC(=O)O. The first kappa shape index (κ1) is 22.7. The van der Waals surface area contributed by atoms with Gasteiger partial charge in [0.05, 0.1) is 0 Å². The van der Waals surface area contributed by atoms with Gasteiger partial charge in [0.25, 0.3) is 0 Å². The van der Waals surface area contributed by atoms with E-state index in [-0.39, 0.29) is 0 Å². The van der Waals surface area contributed by atoms with Crippen LogP contribution in [0.4, 0.5) is 0 Å². The van der Waals surface area contributed by atoms with Crippen molar-refractivity contribution in [2.24, 2.45) is 0 Å². The molecule has 0 spiro atoms. The average Bonchev–Trinajstić information content (AvgIpc) is 2.56. The van der Waals surface area contributed by atoms with Crippen LogP contribution in [0.15, 0.2) is 36.5 Å². The molecule has 24 heavy (non-hydrogen) atoms. The molecule has 0 aliphatic rings. The van der Waals surface area contributed by atoms with Gasteiger partial charge in [-0.15, -0.1) is 0 Å². The predicted molar refractivity (Wildman–Crippen MR) is 105 cm³/mol. The van der Waals surface area contributed by atoms with E-state index in [9.17, 15) is 4.79 Å². The van der Waals surface area contributed by atoms with Crippen molar-refractivity contribution in [1.29, 1.82) is 0 Å². The summed E-state index contributed by atoms with van der Waals surface area (Å²) in [6.07, 6.45) is 29.3. The van der Waals surface area contributed by atoms with Crippen molar-refractivity contribution in [1.82, 2.24) is 0 Å². The monoisotopic (exact) mass is 334 g/mol. The molecular weight excluding hydrogens is 296 g/mol. The molecule has 0 aliphatic carbocycles. The topological polar surface area (TPSA) is 37.3 Å². The van der Waals surface area contributed by atoms with Crippen molar-refractivity contribution < 1.29 is 9.90 Å². The zero-order valence-corrected chi connectivity index (χ0v) is 15.7. The Bertz CT molecular complexity index is 353. The molecule has 0 aromatic heterocycles. The van der Waals surface area contributed by atoms with Gasteiger partial charge in [-0.05, 0) is 38.5 Å². The third kappa shape index (κ3) is 20.7. The fourth-order valence-electron chi connectivity index (χ4n) is 2.60. The van der Waals surface area contributed by atoms with Crippen molar-refractivity contribution in [3.05, 3.63) is 36.5 Å². The highest BCUT2D eigenvalue weighted by Crippen LogP contribution is 2.11. The Morgan fingerprint density at radius 3 is 1.67 bits per heavy atom. The van der Waals surface area contributed by atoms with Crippen LogP contribution in [0.1, 0.15) is 96.8 Å². The minimum Gasteiger partial charge on any atom is -0.481 e. The summed E-state index contributed by atoms with van der Waals surface area (Å²) in [5, 5.41) is 8.55. The second-order valence-corrected chi connectivity index (χ2v) is 6.41. The molecule has 0 aromatic carbocycles. The molecule has 0 amide bonds. The summed E-state index contributed by atoms with van der Waals surface area (Å²) in [6, 6.07) is 0. The summed E-state index contributed by atoms with van der Waals surface area (Å²) in [6.45, 7) is 2.16. The summed E-state index contributed by atoms with van der Waals surface area (Å²) in [5.74, 6) is -0.663. The van der Waals surface area contributed by atoms with Crippen molar-refractivity contribution in [2.45, 2.75) is 96.8 Å². The Morgan fingerprint density at radius 2 is 1.12 bits per heavy atom. The molecule has 0 radical (unpaired) electrons. The number of carboxylic acid groups (broad SMARTS) is 1. The van der Waals surface area contributed by atoms with E-state index < -0.39 is 5.97 Å². The number of carbonyl (C=O) groups is 1. The second kappa shape index (κ2) is 19.7. The zero-order valence-electron chi connectivity index (χ0n) is 15.7. The fraction of sp³-hybridized carbons (Fsp3) is 0.682. The molecule has 0 aromatic rings. The summed E-state index contributed by atoms with van der Waals surface area (Å²) in [4.78, 5) is 10.4. The molecule has 0 rings (SSSR count). The van der Waals surface area contributed by atoms with Crippen LogP contribution in [0.2, 0.25) is 0 Å². The van der Waals surface area contributed by atoms with Gasteiger partial charge in [0, 0.05) is 6.42 Å². The Labute approximate surface area is 149 Å². The molecule has 0 saturated heterocycles. The van der Waals surface area contributed by atoms with E-state index in [0.717, 1.165) is 32.1 Å². The van der Waals surface area contributed by atoms with E-state index in [0.29, 0.717) is 6.42 Å². The van der Waals surface area contributed by atoms with E-state index in [1.807, 2.05) is 0 Å². The molecular formula is C22H38O2. The molecule has 0 bridgehead atoms. The normalized spacial score (nSPS) is 12.0. The number of hydrogen-bond donors (Lipinski definition) is 1. The average molecular weight is 335 g/mol. The lowest BCUT2D eigenvalue weighted by molar-refractivity contribution is -0.137. The second-order valence-electron chi connectivity index (χ2n) is 6.41. The molecule has 2 heteroatoms. The lowest BCUT2D eigenvalue weighted by Crippen LogP contribution is -1.93. The maximum atomic E-state index is 10.4. The van der Waals surface area contributed by atoms with E-state index in [1.165, 1.54) is 51.4 Å². The molecule has 0 heterocycles. The summed E-state index contributed by atoms with van der Waals surface area (Å²) in [7, 11) is 0. The third-order valence-electron chi connectivity index (χ3n) is 4.04.